The molecule has 3 rings (SSSR count). The molecule has 0 radical (unpaired) electrons. The summed E-state index contributed by atoms with van der Waals surface area (Å²) in [5, 5.41) is 21.5. The number of carbonyl (C=O) groups excluding carboxylic acids is 2. The topological polar surface area (TPSA) is 109 Å². The predicted molar refractivity (Wildman–Crippen MR) is 122 cm³/mol. The molecule has 180 valence electrons. The summed E-state index contributed by atoms with van der Waals surface area (Å²) in [5.74, 6) is -1.12. The van der Waals surface area contributed by atoms with Crippen LogP contribution in [-0.4, -0.2) is 38.5 Å². The number of benzene rings is 1. The van der Waals surface area contributed by atoms with Gasteiger partial charge in [0.2, 0.25) is 0 Å². The molecule has 0 aliphatic heterocycles. The van der Waals surface area contributed by atoms with Gasteiger partial charge in [0.15, 0.2) is 11.4 Å². The fourth-order valence-corrected chi connectivity index (χ4v) is 3.85. The summed E-state index contributed by atoms with van der Waals surface area (Å²) in [6.45, 7) is 5.16. The zero-order valence-electron chi connectivity index (χ0n) is 18.7. The molecular weight excluding hydrogens is 471 g/mol. The third-order valence-corrected chi connectivity index (χ3v) is 5.73. The molecule has 8 nitrogen and oxygen atoms in total. The van der Waals surface area contributed by atoms with Crippen LogP contribution in [0.15, 0.2) is 41.5 Å². The third kappa shape index (κ3) is 5.45. The Kier molecular flexibility index (Phi) is 7.10. The van der Waals surface area contributed by atoms with E-state index in [0.29, 0.717) is 10.4 Å². The molecule has 0 bridgehead atoms. The van der Waals surface area contributed by atoms with Gasteiger partial charge in [-0.2, -0.15) is 23.4 Å². The van der Waals surface area contributed by atoms with Crippen LogP contribution in [0.4, 0.5) is 13.2 Å². The molecular formula is C22H22F3N5O3S. The number of rotatable bonds is 6. The van der Waals surface area contributed by atoms with E-state index >= 15 is 0 Å². The highest BCUT2D eigenvalue weighted by Crippen LogP contribution is 2.35. The van der Waals surface area contributed by atoms with Crippen LogP contribution < -0.4 is 10.7 Å². The minimum Gasteiger partial charge on any atom is -0.504 e. The van der Waals surface area contributed by atoms with Gasteiger partial charge in [0.05, 0.1) is 21.0 Å². The van der Waals surface area contributed by atoms with Gasteiger partial charge in [0.1, 0.15) is 5.69 Å². The maximum Gasteiger partial charge on any atom is 0.416 e. The van der Waals surface area contributed by atoms with Gasteiger partial charge < -0.3 is 10.4 Å². The number of alkyl halides is 3. The Labute approximate surface area is 197 Å². The monoisotopic (exact) mass is 493 g/mol. The quantitative estimate of drug-likeness (QED) is 0.354. The Morgan fingerprint density at radius 2 is 1.68 bits per heavy atom. The molecule has 2 heterocycles. The molecule has 0 saturated carbocycles. The smallest absolute Gasteiger partial charge is 0.416 e. The number of carbonyl (C=O) groups is 2. The van der Waals surface area contributed by atoms with Crippen molar-refractivity contribution in [2.45, 2.75) is 33.0 Å². The maximum atomic E-state index is 12.8. The van der Waals surface area contributed by atoms with E-state index in [2.05, 4.69) is 20.9 Å². The number of nitrogens with zero attached hydrogens (tertiary/aromatic N) is 3. The van der Waals surface area contributed by atoms with Crippen LogP contribution in [0.2, 0.25) is 0 Å². The van der Waals surface area contributed by atoms with E-state index in [1.54, 1.807) is 0 Å². The van der Waals surface area contributed by atoms with Crippen LogP contribution in [0.3, 0.4) is 0 Å². The van der Waals surface area contributed by atoms with E-state index in [1.165, 1.54) is 42.9 Å². The average Bonchev–Trinajstić information content (AvgIpc) is 3.36. The molecule has 12 heteroatoms. The molecule has 1 aromatic carbocycles. The van der Waals surface area contributed by atoms with Gasteiger partial charge >= 0.3 is 6.18 Å². The highest BCUT2D eigenvalue weighted by Gasteiger charge is 2.30. The van der Waals surface area contributed by atoms with Gasteiger partial charge in [-0.15, -0.1) is 11.3 Å². The number of hydrazone groups is 1. The summed E-state index contributed by atoms with van der Waals surface area (Å²) in [6, 6.07) is 7.30. The summed E-state index contributed by atoms with van der Waals surface area (Å²) in [5.41, 5.74) is 2.30. The second kappa shape index (κ2) is 9.67. The Morgan fingerprint density at radius 1 is 1.09 bits per heavy atom. The lowest BCUT2D eigenvalue weighted by Crippen LogP contribution is -2.29. The lowest BCUT2D eigenvalue weighted by Gasteiger charge is -2.08. The zero-order valence-corrected chi connectivity index (χ0v) is 19.5. The number of nitrogens with one attached hydrogen (secondary N) is 2. The molecule has 0 aliphatic carbocycles. The fourth-order valence-electron chi connectivity index (χ4n) is 3.06. The Bertz CT molecular complexity index is 1240. The summed E-state index contributed by atoms with van der Waals surface area (Å²) in [6.07, 6.45) is -4.47. The minimum absolute atomic E-state index is 0.0438. The zero-order chi connectivity index (χ0) is 25.2. The Hall–Kier alpha value is -3.67. The Balaban J connectivity index is 1.77. The van der Waals surface area contributed by atoms with Crippen molar-refractivity contribution in [3.63, 3.8) is 0 Å². The second-order valence-corrected chi connectivity index (χ2v) is 8.76. The van der Waals surface area contributed by atoms with Gasteiger partial charge in [-0.1, -0.05) is 12.1 Å². The summed E-state index contributed by atoms with van der Waals surface area (Å²) in [7, 11) is 1.53. The first-order valence-corrected chi connectivity index (χ1v) is 10.9. The number of hydrogen-bond acceptors (Lipinski definition) is 6. The highest BCUT2D eigenvalue weighted by molar-refractivity contribution is 7.15. The maximum absolute atomic E-state index is 12.8. The highest BCUT2D eigenvalue weighted by atomic mass is 32.1. The molecule has 3 aromatic rings. The first-order chi connectivity index (χ1) is 15.9. The molecule has 0 atom stereocenters. The molecule has 0 aliphatic rings. The van der Waals surface area contributed by atoms with Gasteiger partial charge in [0.25, 0.3) is 11.8 Å². The molecule has 0 fully saturated rings. The molecule has 2 amide bonds. The summed E-state index contributed by atoms with van der Waals surface area (Å²) >= 11 is 1.01. The standard InChI is InChI=1S/C22H22F3N5O3S/c1-11(2)26-20(32)15-9-10-16(34-15)21(33)28-27-12(3)17-19(31)18(30(4)29-17)13-5-7-14(8-6-13)22(23,24)25/h5-11,31H,1-4H3,(H,26,32)(H,28,33). The number of hydrogen-bond donors (Lipinski definition) is 3. The predicted octanol–water partition coefficient (Wildman–Crippen LogP) is 4.17. The van der Waals surface area contributed by atoms with Crippen molar-refractivity contribution in [3.8, 4) is 17.0 Å². The lowest BCUT2D eigenvalue weighted by atomic mass is 10.1. The van der Waals surface area contributed by atoms with E-state index in [-0.39, 0.29) is 39.7 Å². The fraction of sp³-hybridized carbons (Fsp3) is 0.273. The molecule has 0 saturated heterocycles. The van der Waals surface area contributed by atoms with Crippen molar-refractivity contribution in [1.82, 2.24) is 20.5 Å². The van der Waals surface area contributed by atoms with Gasteiger partial charge in [-0.25, -0.2) is 5.43 Å². The van der Waals surface area contributed by atoms with E-state index in [9.17, 15) is 27.9 Å². The number of halogens is 3. The first-order valence-electron chi connectivity index (χ1n) is 10.1. The minimum atomic E-state index is -4.47. The van der Waals surface area contributed by atoms with Crippen molar-refractivity contribution < 1.29 is 27.9 Å². The van der Waals surface area contributed by atoms with Crippen LogP contribution in [0.5, 0.6) is 5.75 Å². The number of thiophene rings is 1. The van der Waals surface area contributed by atoms with Crippen LogP contribution in [0, 0.1) is 0 Å². The van der Waals surface area contributed by atoms with Gasteiger partial charge in [-0.3, -0.25) is 14.3 Å². The lowest BCUT2D eigenvalue weighted by molar-refractivity contribution is -0.137. The number of aryl methyl sites for hydroxylation is 1. The van der Waals surface area contributed by atoms with Gasteiger partial charge in [0, 0.05) is 18.7 Å². The average molecular weight is 494 g/mol. The summed E-state index contributed by atoms with van der Waals surface area (Å²) < 4.78 is 39.8. The third-order valence-electron chi connectivity index (χ3n) is 4.65. The van der Waals surface area contributed by atoms with Crippen molar-refractivity contribution in [3.05, 3.63) is 57.4 Å². The molecule has 0 spiro atoms. The molecule has 34 heavy (non-hydrogen) atoms. The van der Waals surface area contributed by atoms with Crippen LogP contribution in [0.1, 0.15) is 51.4 Å². The first kappa shape index (κ1) is 25.0. The largest absolute Gasteiger partial charge is 0.504 e. The van der Waals surface area contributed by atoms with E-state index in [0.717, 1.165) is 23.5 Å². The van der Waals surface area contributed by atoms with E-state index in [1.807, 2.05) is 13.8 Å². The summed E-state index contributed by atoms with van der Waals surface area (Å²) in [4.78, 5) is 25.1. The van der Waals surface area contributed by atoms with Crippen LogP contribution in [-0.2, 0) is 13.2 Å². The van der Waals surface area contributed by atoms with Crippen molar-refractivity contribution in [2.75, 3.05) is 0 Å². The number of aromatic nitrogens is 2. The molecule has 3 N–H and O–H groups in total. The van der Waals surface area contributed by atoms with Crippen molar-refractivity contribution in [2.24, 2.45) is 12.1 Å². The molecule has 0 unspecified atom stereocenters. The number of amides is 2. The van der Waals surface area contributed by atoms with Crippen LogP contribution >= 0.6 is 11.3 Å². The number of aromatic hydroxyl groups is 1. The van der Waals surface area contributed by atoms with Gasteiger partial charge in [-0.05, 0) is 45.0 Å². The molecule has 2 aromatic heterocycles. The van der Waals surface area contributed by atoms with Crippen molar-refractivity contribution >= 4 is 28.9 Å². The van der Waals surface area contributed by atoms with Crippen molar-refractivity contribution in [1.29, 1.82) is 0 Å². The second-order valence-electron chi connectivity index (χ2n) is 7.67. The van der Waals surface area contributed by atoms with Crippen LogP contribution in [0.25, 0.3) is 11.3 Å². The SMILES string of the molecule is CC(=NNC(=O)c1ccc(C(=O)NC(C)C)s1)c1nn(C)c(-c2ccc(C(F)(F)F)cc2)c1O. The Morgan fingerprint density at radius 3 is 2.24 bits per heavy atom. The van der Waals surface area contributed by atoms with E-state index < -0.39 is 17.6 Å². The van der Waals surface area contributed by atoms with E-state index in [4.69, 9.17) is 0 Å². The normalized spacial score (nSPS) is 12.2.